The molecule has 9 heteroatoms. The third kappa shape index (κ3) is 5.80. The molecule has 180 valence electrons. The third-order valence-corrected chi connectivity index (χ3v) is 6.62. The SMILES string of the molecule is CCOc1ccc(/C(O)=[SH]/C(CCO)=C(/C)N(C=O)Cc2cnc(C)nc2N)c2ccccc12. The summed E-state index contributed by atoms with van der Waals surface area (Å²) in [7, 11) is 0. The van der Waals surface area contributed by atoms with E-state index in [1.54, 1.807) is 20.0 Å². The minimum atomic E-state index is -0.126. The number of rotatable bonds is 10. The Morgan fingerprint density at radius 2 is 1.97 bits per heavy atom. The minimum absolute atomic E-state index is 0.117. The molecule has 4 N–H and O–H groups in total. The molecule has 1 aromatic heterocycles. The van der Waals surface area contributed by atoms with Gasteiger partial charge in [0.2, 0.25) is 6.41 Å². The molecular formula is C25H30N4O4S. The number of anilines is 1. The van der Waals surface area contributed by atoms with Crippen LogP contribution < -0.4 is 10.5 Å². The number of nitrogens with two attached hydrogens (primary N) is 1. The van der Waals surface area contributed by atoms with E-state index in [2.05, 4.69) is 9.97 Å². The van der Waals surface area contributed by atoms with Crippen LogP contribution in [0.3, 0.4) is 0 Å². The second-order valence-electron chi connectivity index (χ2n) is 7.59. The smallest absolute Gasteiger partial charge is 0.214 e. The quantitative estimate of drug-likeness (QED) is 0.197. The Bertz CT molecular complexity index is 1240. The molecule has 2 aromatic carbocycles. The van der Waals surface area contributed by atoms with Crippen LogP contribution in [-0.4, -0.2) is 49.8 Å². The maximum absolute atomic E-state index is 11.9. The van der Waals surface area contributed by atoms with Crippen molar-refractivity contribution in [3.63, 3.8) is 0 Å². The topological polar surface area (TPSA) is 122 Å². The molecule has 0 bridgehead atoms. The van der Waals surface area contributed by atoms with Crippen LogP contribution in [0, 0.1) is 6.92 Å². The highest BCUT2D eigenvalue weighted by Gasteiger charge is 2.15. The van der Waals surface area contributed by atoms with Crippen molar-refractivity contribution in [1.82, 2.24) is 14.9 Å². The van der Waals surface area contributed by atoms with E-state index in [0.717, 1.165) is 16.5 Å². The molecule has 3 aromatic rings. The van der Waals surface area contributed by atoms with Crippen molar-refractivity contribution < 1.29 is 19.7 Å². The Kier molecular flexibility index (Phi) is 8.75. The summed E-state index contributed by atoms with van der Waals surface area (Å²) in [6, 6.07) is 11.4. The lowest BCUT2D eigenvalue weighted by molar-refractivity contribution is -0.116. The zero-order chi connectivity index (χ0) is 24.7. The van der Waals surface area contributed by atoms with Crippen molar-refractivity contribution in [3.8, 4) is 5.75 Å². The highest BCUT2D eigenvalue weighted by Crippen LogP contribution is 2.31. The molecule has 0 aliphatic heterocycles. The summed E-state index contributed by atoms with van der Waals surface area (Å²) in [6.45, 7) is 6.04. The van der Waals surface area contributed by atoms with E-state index in [9.17, 15) is 15.0 Å². The number of ether oxygens (including phenoxy) is 1. The molecule has 0 spiro atoms. The number of nitrogen functional groups attached to an aromatic ring is 1. The van der Waals surface area contributed by atoms with Crippen LogP contribution in [0.15, 0.2) is 53.2 Å². The fourth-order valence-corrected chi connectivity index (χ4v) is 4.65. The highest BCUT2D eigenvalue weighted by atomic mass is 32.1. The van der Waals surface area contributed by atoms with Crippen LogP contribution in [-0.2, 0) is 11.3 Å². The predicted octanol–water partition coefficient (Wildman–Crippen LogP) is 3.69. The summed E-state index contributed by atoms with van der Waals surface area (Å²) in [5, 5.41) is 22.6. The zero-order valence-corrected chi connectivity index (χ0v) is 20.4. The predicted molar refractivity (Wildman–Crippen MR) is 138 cm³/mol. The number of thiol groups is 1. The number of carbonyl (C=O) groups is 1. The number of amides is 1. The van der Waals surface area contributed by atoms with Crippen LogP contribution in [0.4, 0.5) is 5.82 Å². The number of benzene rings is 2. The highest BCUT2D eigenvalue weighted by molar-refractivity contribution is 8.02. The molecule has 0 atom stereocenters. The van der Waals surface area contributed by atoms with Crippen molar-refractivity contribution in [2.24, 2.45) is 0 Å². The molecule has 0 aliphatic carbocycles. The summed E-state index contributed by atoms with van der Waals surface area (Å²) < 4.78 is 5.73. The van der Waals surface area contributed by atoms with Crippen LogP contribution in [0.5, 0.6) is 5.75 Å². The molecule has 8 nitrogen and oxygen atoms in total. The summed E-state index contributed by atoms with van der Waals surface area (Å²) in [4.78, 5) is 22.4. The van der Waals surface area contributed by atoms with Gasteiger partial charge in [-0.2, -0.15) is 0 Å². The van der Waals surface area contributed by atoms with E-state index >= 15 is 0 Å². The van der Waals surface area contributed by atoms with E-state index in [1.807, 2.05) is 43.3 Å². The molecule has 0 aliphatic rings. The molecule has 0 saturated heterocycles. The molecule has 0 fully saturated rings. The summed E-state index contributed by atoms with van der Waals surface area (Å²) in [5.74, 6) is 1.61. The molecule has 1 amide bonds. The van der Waals surface area contributed by atoms with Crippen molar-refractivity contribution in [2.75, 3.05) is 18.9 Å². The van der Waals surface area contributed by atoms with Crippen LogP contribution in [0.25, 0.3) is 10.8 Å². The first-order chi connectivity index (χ1) is 16.4. The second kappa shape index (κ2) is 11.7. The van der Waals surface area contributed by atoms with Crippen LogP contribution in [0.1, 0.15) is 37.2 Å². The van der Waals surface area contributed by atoms with Gasteiger partial charge in [0.1, 0.15) is 22.4 Å². The maximum atomic E-state index is 11.9. The first kappa shape index (κ1) is 25.4. The van der Waals surface area contributed by atoms with Gasteiger partial charge in [-0.25, -0.2) is 9.97 Å². The van der Waals surface area contributed by atoms with Gasteiger partial charge < -0.3 is 25.6 Å². The first-order valence-electron chi connectivity index (χ1n) is 10.9. The van der Waals surface area contributed by atoms with Crippen LogP contribution >= 0.6 is 11.4 Å². The molecule has 0 saturated carbocycles. The van der Waals surface area contributed by atoms with Gasteiger partial charge >= 0.3 is 0 Å². The number of aliphatic hydroxyl groups is 2. The van der Waals surface area contributed by atoms with Gasteiger partial charge in [-0.1, -0.05) is 24.3 Å². The molecular weight excluding hydrogens is 452 g/mol. The average Bonchev–Trinajstić information content (AvgIpc) is 2.83. The fraction of sp³-hybridized carbons (Fsp3) is 0.280. The number of allylic oxidation sites excluding steroid dienone is 1. The van der Waals surface area contributed by atoms with Gasteiger partial charge in [0.05, 0.1) is 13.2 Å². The van der Waals surface area contributed by atoms with Crippen LogP contribution in [0.2, 0.25) is 0 Å². The number of aryl methyl sites for hydroxylation is 1. The molecule has 0 unspecified atom stereocenters. The maximum Gasteiger partial charge on any atom is 0.214 e. The summed E-state index contributed by atoms with van der Waals surface area (Å²) in [5.41, 5.74) is 7.89. The van der Waals surface area contributed by atoms with E-state index in [4.69, 9.17) is 10.5 Å². The first-order valence-corrected chi connectivity index (χ1v) is 11.8. The molecule has 34 heavy (non-hydrogen) atoms. The van der Waals surface area contributed by atoms with Gasteiger partial charge in [0.15, 0.2) is 0 Å². The third-order valence-electron chi connectivity index (χ3n) is 5.35. The Hall–Kier alpha value is -3.27. The molecule has 1 heterocycles. The summed E-state index contributed by atoms with van der Waals surface area (Å²) >= 11 is 0.488. The number of aromatic nitrogens is 2. The number of carbonyl (C=O) groups excluding carboxylic acids is 1. The number of nitrogens with zero attached hydrogens (tertiary/aromatic N) is 3. The fourth-order valence-electron chi connectivity index (χ4n) is 3.58. The van der Waals surface area contributed by atoms with E-state index in [0.29, 0.717) is 57.7 Å². The Labute approximate surface area is 202 Å². The van der Waals surface area contributed by atoms with Gasteiger partial charge in [0.25, 0.3) is 0 Å². The van der Waals surface area contributed by atoms with Gasteiger partial charge in [-0.05, 0) is 38.3 Å². The van der Waals surface area contributed by atoms with Gasteiger partial charge in [-0.15, -0.1) is 11.4 Å². The number of aliphatic hydroxyl groups excluding tert-OH is 2. The second-order valence-corrected chi connectivity index (χ2v) is 8.78. The lowest BCUT2D eigenvalue weighted by Crippen LogP contribution is -2.22. The summed E-state index contributed by atoms with van der Waals surface area (Å²) in [6.07, 6.45) is 2.59. The standard InChI is InChI=1S/C25H30N4O4S/c1-4-33-22-10-9-21(19-7-5-6-8-20(19)22)25(32)34-23(11-12-30)16(2)29(15-31)14-18-13-27-17(3)28-24(18)26/h5-10,13,15,30,32,34H,4,11-12,14H2,1-3H3,(H2,26,27,28)/b23-16-. The van der Waals surface area contributed by atoms with Crippen molar-refractivity contribution in [3.05, 3.63) is 70.1 Å². The van der Waals surface area contributed by atoms with E-state index in [-0.39, 0.29) is 24.6 Å². The van der Waals surface area contributed by atoms with Crippen molar-refractivity contribution in [2.45, 2.75) is 33.7 Å². The Balaban J connectivity index is 2.03. The van der Waals surface area contributed by atoms with Crippen molar-refractivity contribution >= 4 is 39.4 Å². The lowest BCUT2D eigenvalue weighted by atomic mass is 10.0. The molecule has 3 rings (SSSR count). The van der Waals surface area contributed by atoms with Gasteiger partial charge in [0, 0.05) is 46.3 Å². The van der Waals surface area contributed by atoms with E-state index < -0.39 is 0 Å². The lowest BCUT2D eigenvalue weighted by Gasteiger charge is -2.21. The number of fused-ring (bicyclic) bond motifs is 1. The minimum Gasteiger partial charge on any atom is -0.493 e. The largest absolute Gasteiger partial charge is 0.493 e. The molecule has 0 radical (unpaired) electrons. The van der Waals surface area contributed by atoms with Gasteiger partial charge in [-0.3, -0.25) is 4.79 Å². The number of hydrogen-bond acceptors (Lipinski definition) is 6. The van der Waals surface area contributed by atoms with E-state index in [1.165, 1.54) is 4.90 Å². The zero-order valence-electron chi connectivity index (χ0n) is 19.5. The average molecular weight is 483 g/mol. The number of hydrogen-bond donors (Lipinski definition) is 4. The normalized spacial score (nSPS) is 12.7. The Morgan fingerprint density at radius 3 is 2.62 bits per heavy atom. The van der Waals surface area contributed by atoms with Crippen molar-refractivity contribution in [1.29, 1.82) is 0 Å². The Morgan fingerprint density at radius 1 is 1.24 bits per heavy atom. The monoisotopic (exact) mass is 482 g/mol.